The van der Waals surface area contributed by atoms with Gasteiger partial charge in [0, 0.05) is 26.2 Å². The lowest BCUT2D eigenvalue weighted by Gasteiger charge is -2.33. The molecule has 8 heteroatoms. The van der Waals surface area contributed by atoms with Crippen LogP contribution in [0.1, 0.15) is 18.1 Å². The van der Waals surface area contributed by atoms with Gasteiger partial charge in [0.2, 0.25) is 5.91 Å². The minimum absolute atomic E-state index is 0.207. The van der Waals surface area contributed by atoms with E-state index in [2.05, 4.69) is 10.2 Å². The Bertz CT molecular complexity index is 773. The van der Waals surface area contributed by atoms with Crippen molar-refractivity contribution in [2.24, 2.45) is 0 Å². The van der Waals surface area contributed by atoms with Crippen LogP contribution in [-0.4, -0.2) is 79.4 Å². The maximum atomic E-state index is 13.0. The number of nitrogens with zero attached hydrogens (tertiary/aromatic N) is 3. The van der Waals surface area contributed by atoms with Crippen LogP contribution in [0, 0.1) is 6.92 Å². The third-order valence-corrected chi connectivity index (χ3v) is 5.40. The summed E-state index contributed by atoms with van der Waals surface area (Å²) in [5.74, 6) is 0.0857. The van der Waals surface area contributed by atoms with Gasteiger partial charge in [0.15, 0.2) is 0 Å². The average Bonchev–Trinajstić information content (AvgIpc) is 2.86. The van der Waals surface area contributed by atoms with Crippen LogP contribution in [0.3, 0.4) is 0 Å². The summed E-state index contributed by atoms with van der Waals surface area (Å²) in [4.78, 5) is 42.9. The number of rotatable bonds is 4. The van der Waals surface area contributed by atoms with Gasteiger partial charge in [-0.3, -0.25) is 14.5 Å². The van der Waals surface area contributed by atoms with E-state index in [0.29, 0.717) is 24.4 Å². The molecule has 3 rings (SSSR count). The van der Waals surface area contributed by atoms with E-state index in [9.17, 15) is 14.4 Å². The van der Waals surface area contributed by atoms with Crippen molar-refractivity contribution in [3.8, 4) is 5.75 Å². The number of methoxy groups -OCH3 is 1. The minimum Gasteiger partial charge on any atom is -0.496 e. The first-order chi connectivity index (χ1) is 12.8. The van der Waals surface area contributed by atoms with Gasteiger partial charge in [-0.1, -0.05) is 6.07 Å². The summed E-state index contributed by atoms with van der Waals surface area (Å²) in [6.07, 6.45) is 0. The molecular formula is C19H26N4O4. The SMILES string of the molecule is COc1ccc(C2(C)NC(=O)N(CC(=O)N3CCN(C)CC3)C2=O)cc1C. The summed E-state index contributed by atoms with van der Waals surface area (Å²) in [5, 5.41) is 2.74. The summed E-state index contributed by atoms with van der Waals surface area (Å²) in [5.41, 5.74) is 0.329. The number of urea groups is 1. The second kappa shape index (κ2) is 7.19. The molecule has 8 nitrogen and oxygen atoms in total. The third-order valence-electron chi connectivity index (χ3n) is 5.40. The van der Waals surface area contributed by atoms with Gasteiger partial charge in [0.05, 0.1) is 7.11 Å². The fraction of sp³-hybridized carbons (Fsp3) is 0.526. The maximum Gasteiger partial charge on any atom is 0.325 e. The summed E-state index contributed by atoms with van der Waals surface area (Å²) in [6.45, 7) is 6.08. The highest BCUT2D eigenvalue weighted by Gasteiger charge is 2.49. The number of likely N-dealkylation sites (N-methyl/N-ethyl adjacent to an activating group) is 1. The second-order valence-electron chi connectivity index (χ2n) is 7.31. The lowest BCUT2D eigenvalue weighted by molar-refractivity contribution is -0.139. The zero-order chi connectivity index (χ0) is 19.8. The van der Waals surface area contributed by atoms with Gasteiger partial charge in [-0.05, 0) is 44.2 Å². The highest BCUT2D eigenvalue weighted by molar-refractivity contribution is 6.09. The van der Waals surface area contributed by atoms with Gasteiger partial charge in [0.25, 0.3) is 5.91 Å². The van der Waals surface area contributed by atoms with E-state index >= 15 is 0 Å². The van der Waals surface area contributed by atoms with Crippen LogP contribution < -0.4 is 10.1 Å². The number of carbonyl (C=O) groups is 3. The van der Waals surface area contributed by atoms with Crippen molar-refractivity contribution in [1.29, 1.82) is 0 Å². The molecule has 1 unspecified atom stereocenters. The predicted molar refractivity (Wildman–Crippen MR) is 99.4 cm³/mol. The maximum absolute atomic E-state index is 13.0. The fourth-order valence-corrected chi connectivity index (χ4v) is 3.52. The molecular weight excluding hydrogens is 348 g/mol. The second-order valence-corrected chi connectivity index (χ2v) is 7.31. The van der Waals surface area contributed by atoms with Crippen molar-refractivity contribution in [1.82, 2.24) is 20.0 Å². The number of ether oxygens (including phenoxy) is 1. The Kier molecular flexibility index (Phi) is 5.10. The standard InChI is InChI=1S/C19H26N4O4/c1-13-11-14(5-6-15(13)27-4)19(2)17(25)23(18(26)20-19)12-16(24)22-9-7-21(3)8-10-22/h5-6,11H,7-10,12H2,1-4H3,(H,20,26). The van der Waals surface area contributed by atoms with Crippen LogP contribution in [0.2, 0.25) is 0 Å². The highest BCUT2D eigenvalue weighted by atomic mass is 16.5. The molecule has 0 bridgehead atoms. The van der Waals surface area contributed by atoms with Crippen molar-refractivity contribution in [3.05, 3.63) is 29.3 Å². The molecule has 0 radical (unpaired) electrons. The van der Waals surface area contributed by atoms with Crippen molar-refractivity contribution in [3.63, 3.8) is 0 Å². The minimum atomic E-state index is -1.20. The van der Waals surface area contributed by atoms with Gasteiger partial charge in [-0.2, -0.15) is 0 Å². The molecule has 0 aromatic heterocycles. The topological polar surface area (TPSA) is 82.2 Å². The number of nitrogens with one attached hydrogen (secondary N) is 1. The van der Waals surface area contributed by atoms with Crippen molar-refractivity contribution >= 4 is 17.8 Å². The van der Waals surface area contributed by atoms with Crippen LogP contribution in [0.4, 0.5) is 4.79 Å². The van der Waals surface area contributed by atoms with Gasteiger partial charge in [0.1, 0.15) is 17.8 Å². The Morgan fingerprint density at radius 2 is 1.89 bits per heavy atom. The molecule has 2 heterocycles. The normalized spacial score (nSPS) is 23.6. The van der Waals surface area contributed by atoms with E-state index in [1.165, 1.54) is 0 Å². The Morgan fingerprint density at radius 1 is 1.22 bits per heavy atom. The summed E-state index contributed by atoms with van der Waals surface area (Å²) >= 11 is 0. The Labute approximate surface area is 159 Å². The lowest BCUT2D eigenvalue weighted by atomic mass is 9.90. The molecule has 27 heavy (non-hydrogen) atoms. The van der Waals surface area contributed by atoms with Crippen LogP contribution >= 0.6 is 0 Å². The predicted octanol–water partition coefficient (Wildman–Crippen LogP) is 0.545. The first kappa shape index (κ1) is 19.2. The monoisotopic (exact) mass is 374 g/mol. The van der Waals surface area contributed by atoms with Crippen molar-refractivity contribution in [2.75, 3.05) is 46.9 Å². The quantitative estimate of drug-likeness (QED) is 0.778. The first-order valence-corrected chi connectivity index (χ1v) is 9.02. The highest BCUT2D eigenvalue weighted by Crippen LogP contribution is 2.31. The first-order valence-electron chi connectivity index (χ1n) is 9.02. The summed E-state index contributed by atoms with van der Waals surface area (Å²) in [7, 11) is 3.58. The number of hydrogen-bond donors (Lipinski definition) is 1. The zero-order valence-electron chi connectivity index (χ0n) is 16.2. The number of piperazine rings is 1. The van der Waals surface area contributed by atoms with Crippen LogP contribution in [0.25, 0.3) is 0 Å². The molecule has 2 aliphatic rings. The zero-order valence-corrected chi connectivity index (χ0v) is 16.2. The molecule has 1 atom stereocenters. The fourth-order valence-electron chi connectivity index (χ4n) is 3.52. The van der Waals surface area contributed by atoms with Gasteiger partial charge in [-0.25, -0.2) is 4.79 Å². The molecule has 1 N–H and O–H groups in total. The van der Waals surface area contributed by atoms with Gasteiger partial charge >= 0.3 is 6.03 Å². The van der Waals surface area contributed by atoms with Crippen molar-refractivity contribution < 1.29 is 19.1 Å². The molecule has 1 aromatic rings. The molecule has 0 spiro atoms. The largest absolute Gasteiger partial charge is 0.496 e. The van der Waals surface area contributed by atoms with Gasteiger partial charge in [-0.15, -0.1) is 0 Å². The molecule has 146 valence electrons. The lowest BCUT2D eigenvalue weighted by Crippen LogP contribution is -2.51. The Balaban J connectivity index is 1.76. The number of aryl methyl sites for hydroxylation is 1. The van der Waals surface area contributed by atoms with Crippen LogP contribution in [-0.2, 0) is 15.1 Å². The number of benzene rings is 1. The van der Waals surface area contributed by atoms with E-state index in [-0.39, 0.29) is 12.5 Å². The molecule has 0 aliphatic carbocycles. The van der Waals surface area contributed by atoms with Gasteiger partial charge < -0.3 is 19.9 Å². The molecule has 2 fully saturated rings. The van der Waals surface area contributed by atoms with E-state index in [0.717, 1.165) is 23.6 Å². The average molecular weight is 374 g/mol. The van der Waals surface area contributed by atoms with E-state index in [1.54, 1.807) is 31.1 Å². The number of carbonyl (C=O) groups excluding carboxylic acids is 3. The Morgan fingerprint density at radius 3 is 2.48 bits per heavy atom. The summed E-state index contributed by atoms with van der Waals surface area (Å²) < 4.78 is 5.26. The van der Waals surface area contributed by atoms with Crippen LogP contribution in [0.15, 0.2) is 18.2 Å². The smallest absolute Gasteiger partial charge is 0.325 e. The molecule has 1 aromatic carbocycles. The third kappa shape index (κ3) is 3.49. The van der Waals surface area contributed by atoms with Crippen molar-refractivity contribution in [2.45, 2.75) is 19.4 Å². The molecule has 2 aliphatic heterocycles. The Hall–Kier alpha value is -2.61. The molecule has 0 saturated carbocycles. The van der Waals surface area contributed by atoms with Crippen LogP contribution in [0.5, 0.6) is 5.75 Å². The van der Waals surface area contributed by atoms with E-state index in [1.807, 2.05) is 20.0 Å². The molecule has 4 amide bonds. The molecule has 2 saturated heterocycles. The number of imide groups is 1. The van der Waals surface area contributed by atoms with E-state index < -0.39 is 17.5 Å². The summed E-state index contributed by atoms with van der Waals surface area (Å²) in [6, 6.07) is 4.81. The number of amides is 4. The van der Waals surface area contributed by atoms with E-state index in [4.69, 9.17) is 4.74 Å². The number of hydrogen-bond acceptors (Lipinski definition) is 5.